The van der Waals surface area contributed by atoms with Gasteiger partial charge in [-0.1, -0.05) is 18.2 Å². The lowest BCUT2D eigenvalue weighted by atomic mass is 10.1. The molecule has 0 radical (unpaired) electrons. The van der Waals surface area contributed by atoms with Crippen LogP contribution in [0.15, 0.2) is 65.7 Å². The van der Waals surface area contributed by atoms with Crippen molar-refractivity contribution in [1.82, 2.24) is 14.5 Å². The first-order valence-electron chi connectivity index (χ1n) is 14.3. The molecule has 1 N–H and O–H groups in total. The fraction of sp³-hybridized carbons (Fsp3) is 0.226. The molecule has 1 aliphatic rings. The summed E-state index contributed by atoms with van der Waals surface area (Å²) in [5.41, 5.74) is -2.68. The lowest BCUT2D eigenvalue weighted by molar-refractivity contribution is -0.138. The molecule has 19 heteroatoms. The van der Waals surface area contributed by atoms with E-state index in [1.165, 1.54) is 18.3 Å². The molecule has 1 aromatic heterocycles. The molecular formula is C31H22F8N4O6S. The smallest absolute Gasteiger partial charge is 0.416 e. The molecule has 4 aromatic rings. The Hall–Kier alpha value is -5.17. The number of carboxylic acid groups (broad SMARTS) is 1. The summed E-state index contributed by atoms with van der Waals surface area (Å²) in [6, 6.07) is 9.39. The van der Waals surface area contributed by atoms with Gasteiger partial charge in [0.05, 0.1) is 41.7 Å². The first kappa shape index (κ1) is 36.1. The number of carbonyl (C=O) groups excluding carboxylic acids is 1. The molecule has 1 fully saturated rings. The van der Waals surface area contributed by atoms with Crippen molar-refractivity contribution in [2.45, 2.75) is 43.1 Å². The zero-order valence-electron chi connectivity index (χ0n) is 25.1. The number of nitrogens with zero attached hydrogens (tertiary/aromatic N) is 4. The quantitative estimate of drug-likeness (QED) is 0.109. The number of alkyl halides is 3. The number of benzene rings is 3. The minimum atomic E-state index is -6.02. The van der Waals surface area contributed by atoms with E-state index in [2.05, 4.69) is 10.2 Å². The van der Waals surface area contributed by atoms with Crippen LogP contribution in [0.3, 0.4) is 0 Å². The van der Waals surface area contributed by atoms with Gasteiger partial charge in [-0.25, -0.2) is 35.2 Å². The van der Waals surface area contributed by atoms with Gasteiger partial charge in [-0.3, -0.25) is 4.79 Å². The van der Waals surface area contributed by atoms with Crippen molar-refractivity contribution in [3.05, 3.63) is 112 Å². The van der Waals surface area contributed by atoms with E-state index in [9.17, 15) is 58.2 Å². The summed E-state index contributed by atoms with van der Waals surface area (Å²) < 4.78 is 147. The molecule has 264 valence electrons. The second-order valence-corrected chi connectivity index (χ2v) is 12.7. The van der Waals surface area contributed by atoms with Gasteiger partial charge in [-0.05, 0) is 54.8 Å². The predicted molar refractivity (Wildman–Crippen MR) is 156 cm³/mol. The van der Waals surface area contributed by atoms with Crippen LogP contribution in [0.25, 0.3) is 0 Å². The minimum Gasteiger partial charge on any atom is -0.488 e. The topological polar surface area (TPSA) is 130 Å². The Bertz CT molecular complexity index is 2040. The largest absolute Gasteiger partial charge is 0.488 e. The maximum absolute atomic E-state index is 14.9. The zero-order valence-corrected chi connectivity index (χ0v) is 25.9. The van der Waals surface area contributed by atoms with Crippen LogP contribution in [-0.4, -0.2) is 52.6 Å². The van der Waals surface area contributed by atoms with Crippen molar-refractivity contribution in [3.63, 3.8) is 0 Å². The fourth-order valence-electron chi connectivity index (χ4n) is 4.74. The Morgan fingerprint density at radius 3 is 2.10 bits per heavy atom. The number of hydrogen-bond acceptors (Lipinski definition) is 7. The molecule has 1 aliphatic carbocycles. The Balaban J connectivity index is 1.66. The molecule has 0 saturated heterocycles. The van der Waals surface area contributed by atoms with Crippen LogP contribution in [0.2, 0.25) is 0 Å². The molecule has 1 amide bonds. The summed E-state index contributed by atoms with van der Waals surface area (Å²) >= 11 is 0. The Labute approximate surface area is 277 Å². The molecule has 1 saturated carbocycles. The molecule has 10 nitrogen and oxygen atoms in total. The maximum atomic E-state index is 14.9. The SMILES string of the molecule is O=C(O)c1ccc(N(Cc2cccnn2)C(=O)CN(Cc2ccccc2C(F)(F)F)S(=O)(=O)c2c(F)c(F)c(F)c(F)c2F)c(OC2CC2)c1. The normalized spacial score (nSPS) is 13.4. The Morgan fingerprint density at radius 2 is 1.52 bits per heavy atom. The molecule has 3 aromatic carbocycles. The second-order valence-electron chi connectivity index (χ2n) is 10.8. The summed E-state index contributed by atoms with van der Waals surface area (Å²) in [5.74, 6) is -16.5. The van der Waals surface area contributed by atoms with E-state index < -0.39 is 98.9 Å². The van der Waals surface area contributed by atoms with Gasteiger partial charge in [0.15, 0.2) is 28.2 Å². The molecule has 0 spiro atoms. The van der Waals surface area contributed by atoms with Crippen LogP contribution in [0, 0.1) is 29.1 Å². The van der Waals surface area contributed by atoms with E-state index in [0.717, 1.165) is 41.3 Å². The number of halogens is 8. The molecule has 0 unspecified atom stereocenters. The van der Waals surface area contributed by atoms with Gasteiger partial charge in [0.2, 0.25) is 21.7 Å². The third kappa shape index (κ3) is 7.52. The Morgan fingerprint density at radius 1 is 0.880 bits per heavy atom. The standard InChI is InChI=1S/C31H22F8N4O6S/c32-24-25(33)27(35)29(28(36)26(24)34)50(47,48)42(13-17-4-1-2-6-20(17)31(37,38)39)15-23(44)43(14-18-5-3-11-40-41-18)21-10-7-16(30(45)46)12-22(21)49-19-8-9-19/h1-7,10-12,19H,8-9,13-15H2,(H,45,46). The lowest BCUT2D eigenvalue weighted by Gasteiger charge is -2.29. The number of hydrogen-bond donors (Lipinski definition) is 1. The fourth-order valence-corrected chi connectivity index (χ4v) is 6.22. The number of ether oxygens (including phenoxy) is 1. The monoisotopic (exact) mass is 730 g/mol. The summed E-state index contributed by atoms with van der Waals surface area (Å²) in [4.78, 5) is 24.2. The summed E-state index contributed by atoms with van der Waals surface area (Å²) in [6.07, 6.45) is -3.12. The number of carbonyl (C=O) groups is 2. The molecule has 0 atom stereocenters. The molecule has 1 heterocycles. The highest BCUT2D eigenvalue weighted by molar-refractivity contribution is 7.89. The van der Waals surface area contributed by atoms with E-state index in [1.54, 1.807) is 0 Å². The number of sulfonamides is 1. The van der Waals surface area contributed by atoms with Gasteiger partial charge >= 0.3 is 12.1 Å². The number of carboxylic acids is 1. The van der Waals surface area contributed by atoms with Crippen molar-refractivity contribution >= 4 is 27.6 Å². The first-order chi connectivity index (χ1) is 23.5. The number of aromatic nitrogens is 2. The highest BCUT2D eigenvalue weighted by atomic mass is 32.2. The number of anilines is 1. The lowest BCUT2D eigenvalue weighted by Crippen LogP contribution is -2.43. The van der Waals surface area contributed by atoms with Crippen LogP contribution >= 0.6 is 0 Å². The predicted octanol–water partition coefficient (Wildman–Crippen LogP) is 5.85. The molecule has 0 aliphatic heterocycles. The average Bonchev–Trinajstić information content (AvgIpc) is 3.89. The van der Waals surface area contributed by atoms with Crippen LogP contribution in [0.1, 0.15) is 40.0 Å². The van der Waals surface area contributed by atoms with E-state index >= 15 is 0 Å². The van der Waals surface area contributed by atoms with Crippen molar-refractivity contribution in [2.75, 3.05) is 11.4 Å². The number of aromatic carboxylic acids is 1. The van der Waals surface area contributed by atoms with Crippen LogP contribution in [-0.2, 0) is 34.1 Å². The van der Waals surface area contributed by atoms with Gasteiger partial charge < -0.3 is 14.7 Å². The molecule has 50 heavy (non-hydrogen) atoms. The van der Waals surface area contributed by atoms with Crippen LogP contribution in [0.4, 0.5) is 40.8 Å². The van der Waals surface area contributed by atoms with Gasteiger partial charge in [0.1, 0.15) is 5.75 Å². The zero-order chi connectivity index (χ0) is 36.5. The first-order valence-corrected chi connectivity index (χ1v) is 15.7. The van der Waals surface area contributed by atoms with Crippen molar-refractivity contribution < 1.29 is 63.0 Å². The summed E-state index contributed by atoms with van der Waals surface area (Å²) in [6.45, 7) is -3.53. The minimum absolute atomic E-state index is 0.0529. The van der Waals surface area contributed by atoms with Crippen molar-refractivity contribution in [2.24, 2.45) is 0 Å². The molecule has 5 rings (SSSR count). The highest BCUT2D eigenvalue weighted by Crippen LogP contribution is 2.38. The summed E-state index contributed by atoms with van der Waals surface area (Å²) in [7, 11) is -6.02. The van der Waals surface area contributed by atoms with Crippen molar-refractivity contribution in [1.29, 1.82) is 0 Å². The van der Waals surface area contributed by atoms with Crippen LogP contribution < -0.4 is 9.64 Å². The van der Waals surface area contributed by atoms with E-state index in [4.69, 9.17) is 4.74 Å². The van der Waals surface area contributed by atoms with Gasteiger partial charge in [0.25, 0.3) is 0 Å². The second kappa shape index (κ2) is 14.0. The third-order valence-electron chi connectivity index (χ3n) is 7.31. The van der Waals surface area contributed by atoms with Crippen LogP contribution in [0.5, 0.6) is 5.75 Å². The average molecular weight is 731 g/mol. The van der Waals surface area contributed by atoms with Gasteiger partial charge in [-0.2, -0.15) is 27.7 Å². The van der Waals surface area contributed by atoms with E-state index in [0.29, 0.717) is 18.9 Å². The van der Waals surface area contributed by atoms with Gasteiger partial charge in [-0.15, -0.1) is 0 Å². The number of amides is 1. The Kier molecular flexibility index (Phi) is 10.1. The molecule has 0 bridgehead atoms. The van der Waals surface area contributed by atoms with E-state index in [-0.39, 0.29) is 27.0 Å². The molecular weight excluding hydrogens is 708 g/mol. The summed E-state index contributed by atoms with van der Waals surface area (Å²) in [5, 5.41) is 17.1. The number of rotatable bonds is 12. The van der Waals surface area contributed by atoms with Gasteiger partial charge in [0, 0.05) is 12.7 Å². The highest BCUT2D eigenvalue weighted by Gasteiger charge is 2.41. The third-order valence-corrected chi connectivity index (χ3v) is 9.13. The maximum Gasteiger partial charge on any atom is 0.416 e. The van der Waals surface area contributed by atoms with E-state index in [1.807, 2.05) is 0 Å². The van der Waals surface area contributed by atoms with Crippen molar-refractivity contribution in [3.8, 4) is 5.75 Å².